The van der Waals surface area contributed by atoms with Crippen LogP contribution in [0.2, 0.25) is 5.02 Å². The number of benzene rings is 2. The minimum Gasteiger partial charge on any atom is -0.452 e. The van der Waals surface area contributed by atoms with Crippen LogP contribution in [0, 0.1) is 15.9 Å². The van der Waals surface area contributed by atoms with Crippen LogP contribution in [0.3, 0.4) is 0 Å². The van der Waals surface area contributed by atoms with Crippen LogP contribution in [-0.2, 0) is 9.53 Å². The van der Waals surface area contributed by atoms with Crippen molar-refractivity contribution in [1.82, 2.24) is 5.32 Å². The predicted molar refractivity (Wildman–Crippen MR) is 92.0 cm³/mol. The van der Waals surface area contributed by atoms with Crippen molar-refractivity contribution >= 4 is 40.9 Å². The van der Waals surface area contributed by atoms with Gasteiger partial charge in [0.1, 0.15) is 11.4 Å². The van der Waals surface area contributed by atoms with Crippen LogP contribution in [-0.4, -0.2) is 29.4 Å². The molecule has 0 aliphatic rings. The third-order valence-corrected chi connectivity index (χ3v) is 3.32. The van der Waals surface area contributed by atoms with Gasteiger partial charge in [0.05, 0.1) is 10.6 Å². The first kappa shape index (κ1) is 19.8. The number of carbonyl (C=O) groups is 3. The van der Waals surface area contributed by atoms with Crippen LogP contribution >= 0.6 is 11.6 Å². The second-order valence-electron chi connectivity index (χ2n) is 4.98. The van der Waals surface area contributed by atoms with Gasteiger partial charge in [0, 0.05) is 11.1 Å². The molecule has 3 amide bonds. The highest BCUT2D eigenvalue weighted by molar-refractivity contribution is 6.31. The van der Waals surface area contributed by atoms with Crippen molar-refractivity contribution in [1.29, 1.82) is 0 Å². The van der Waals surface area contributed by atoms with Crippen molar-refractivity contribution in [3.63, 3.8) is 0 Å². The third kappa shape index (κ3) is 5.47. The summed E-state index contributed by atoms with van der Waals surface area (Å²) in [7, 11) is 0. The van der Waals surface area contributed by atoms with E-state index in [0.717, 1.165) is 18.2 Å². The van der Waals surface area contributed by atoms with Crippen molar-refractivity contribution in [2.45, 2.75) is 0 Å². The summed E-state index contributed by atoms with van der Waals surface area (Å²) in [5.74, 6) is -2.88. The maximum absolute atomic E-state index is 13.4. The number of imide groups is 1. The van der Waals surface area contributed by atoms with Crippen molar-refractivity contribution < 1.29 is 28.4 Å². The van der Waals surface area contributed by atoms with E-state index in [2.05, 4.69) is 10.1 Å². The highest BCUT2D eigenvalue weighted by Crippen LogP contribution is 2.23. The number of nitro groups is 1. The van der Waals surface area contributed by atoms with E-state index in [4.69, 9.17) is 11.6 Å². The van der Waals surface area contributed by atoms with Crippen LogP contribution in [0.25, 0.3) is 0 Å². The number of hydrogen-bond acceptors (Lipinski definition) is 6. The molecular formula is C16H11ClFN3O6. The van der Waals surface area contributed by atoms with E-state index >= 15 is 0 Å². The molecule has 140 valence electrons. The lowest BCUT2D eigenvalue weighted by Gasteiger charge is -2.08. The number of carbonyl (C=O) groups excluding carboxylic acids is 3. The number of ether oxygens (including phenoxy) is 1. The predicted octanol–water partition coefficient (Wildman–Crippen LogP) is 2.89. The number of halogens is 2. The number of nitro benzene ring substituents is 1. The van der Waals surface area contributed by atoms with E-state index in [0.29, 0.717) is 0 Å². The maximum Gasteiger partial charge on any atom is 0.345 e. The average Bonchev–Trinajstić information content (AvgIpc) is 2.61. The third-order valence-electron chi connectivity index (χ3n) is 3.09. The lowest BCUT2D eigenvalue weighted by molar-refractivity contribution is -0.385. The molecule has 0 radical (unpaired) electrons. The van der Waals surface area contributed by atoms with Crippen LogP contribution in [0.15, 0.2) is 42.5 Å². The van der Waals surface area contributed by atoms with Gasteiger partial charge >= 0.3 is 12.0 Å². The van der Waals surface area contributed by atoms with Gasteiger partial charge in [-0.15, -0.1) is 0 Å². The molecule has 2 rings (SSSR count). The molecule has 0 saturated carbocycles. The lowest BCUT2D eigenvalue weighted by Crippen LogP contribution is -2.37. The Morgan fingerprint density at radius 2 is 1.89 bits per heavy atom. The molecular weight excluding hydrogens is 385 g/mol. The zero-order valence-electron chi connectivity index (χ0n) is 13.4. The summed E-state index contributed by atoms with van der Waals surface area (Å²) in [5, 5.41) is 14.9. The number of urea groups is 1. The number of hydrogen-bond donors (Lipinski definition) is 2. The Morgan fingerprint density at radius 1 is 1.19 bits per heavy atom. The monoisotopic (exact) mass is 395 g/mol. The molecule has 0 aliphatic heterocycles. The molecule has 0 bridgehead atoms. The molecule has 9 nitrogen and oxygen atoms in total. The summed E-state index contributed by atoms with van der Waals surface area (Å²) in [6.45, 7) is -0.886. The fourth-order valence-corrected chi connectivity index (χ4v) is 2.08. The Labute approximate surface area is 156 Å². The van der Waals surface area contributed by atoms with Crippen LogP contribution in [0.4, 0.5) is 20.6 Å². The average molecular weight is 396 g/mol. The fourth-order valence-electron chi connectivity index (χ4n) is 1.92. The normalized spacial score (nSPS) is 10.0. The highest BCUT2D eigenvalue weighted by atomic mass is 35.5. The largest absolute Gasteiger partial charge is 0.452 e. The summed E-state index contributed by atoms with van der Waals surface area (Å²) >= 11 is 5.64. The number of esters is 1. The number of rotatable bonds is 5. The number of amides is 3. The standard InChI is InChI=1S/C16H11ClFN3O6/c17-9-5-6-10(13(7-9)21(25)26)15(23)27-8-14(22)20-16(24)19-12-4-2-1-3-11(12)18/h1-7H,8H2,(H2,19,20,22,24). The molecule has 2 aromatic rings. The molecule has 0 aliphatic carbocycles. The summed E-state index contributed by atoms with van der Waals surface area (Å²) in [4.78, 5) is 45.3. The Balaban J connectivity index is 1.92. The Hall–Kier alpha value is -3.53. The molecule has 2 aromatic carbocycles. The molecule has 0 fully saturated rings. The van der Waals surface area contributed by atoms with E-state index in [9.17, 15) is 28.9 Å². The van der Waals surface area contributed by atoms with Gasteiger partial charge in [0.25, 0.3) is 11.6 Å². The van der Waals surface area contributed by atoms with Crippen molar-refractivity contribution in [3.8, 4) is 0 Å². The molecule has 11 heteroatoms. The topological polar surface area (TPSA) is 128 Å². The molecule has 2 N–H and O–H groups in total. The van der Waals surface area contributed by atoms with Gasteiger partial charge in [-0.25, -0.2) is 14.0 Å². The molecule has 0 aromatic heterocycles. The zero-order chi connectivity index (χ0) is 20.0. The first-order valence-corrected chi connectivity index (χ1v) is 7.62. The molecule has 0 heterocycles. The first-order chi connectivity index (χ1) is 12.8. The minimum atomic E-state index is -1.15. The van der Waals surface area contributed by atoms with Gasteiger partial charge in [-0.2, -0.15) is 0 Å². The Bertz CT molecular complexity index is 921. The number of nitrogens with zero attached hydrogens (tertiary/aromatic N) is 1. The SMILES string of the molecule is O=C(COC(=O)c1ccc(Cl)cc1[N+](=O)[O-])NC(=O)Nc1ccccc1F. The van der Waals surface area contributed by atoms with Gasteiger partial charge in [-0.3, -0.25) is 20.2 Å². The molecule has 0 spiro atoms. The van der Waals surface area contributed by atoms with Gasteiger partial charge in [0.15, 0.2) is 6.61 Å². The van der Waals surface area contributed by atoms with E-state index in [1.807, 2.05) is 5.32 Å². The van der Waals surface area contributed by atoms with Crippen molar-refractivity contribution in [3.05, 3.63) is 69.0 Å². The van der Waals surface area contributed by atoms with Crippen molar-refractivity contribution in [2.24, 2.45) is 0 Å². The lowest BCUT2D eigenvalue weighted by atomic mass is 10.2. The van der Waals surface area contributed by atoms with Crippen LogP contribution in [0.5, 0.6) is 0 Å². The Kier molecular flexibility index (Phi) is 6.39. The Morgan fingerprint density at radius 3 is 2.56 bits per heavy atom. The molecule has 0 atom stereocenters. The number of nitrogens with one attached hydrogen (secondary N) is 2. The van der Waals surface area contributed by atoms with Crippen molar-refractivity contribution in [2.75, 3.05) is 11.9 Å². The molecule has 27 heavy (non-hydrogen) atoms. The van der Waals surface area contributed by atoms with Crippen LogP contribution in [0.1, 0.15) is 10.4 Å². The number of anilines is 1. The van der Waals surface area contributed by atoms with E-state index in [-0.39, 0.29) is 10.7 Å². The van der Waals surface area contributed by atoms with Gasteiger partial charge < -0.3 is 10.1 Å². The zero-order valence-corrected chi connectivity index (χ0v) is 14.2. The second kappa shape index (κ2) is 8.72. The van der Waals surface area contributed by atoms with E-state index < -0.39 is 46.5 Å². The quantitative estimate of drug-likeness (QED) is 0.455. The van der Waals surface area contributed by atoms with Gasteiger partial charge in [0.2, 0.25) is 0 Å². The summed E-state index contributed by atoms with van der Waals surface area (Å²) in [6, 6.07) is 7.51. The van der Waals surface area contributed by atoms with E-state index in [1.165, 1.54) is 24.3 Å². The molecule has 0 saturated heterocycles. The maximum atomic E-state index is 13.4. The minimum absolute atomic E-state index is 0.0424. The summed E-state index contributed by atoms with van der Waals surface area (Å²) in [5.41, 5.74) is -1.16. The van der Waals surface area contributed by atoms with Crippen LogP contribution < -0.4 is 10.6 Å². The van der Waals surface area contributed by atoms with Gasteiger partial charge in [-0.1, -0.05) is 23.7 Å². The highest BCUT2D eigenvalue weighted by Gasteiger charge is 2.23. The summed E-state index contributed by atoms with van der Waals surface area (Å²) in [6.07, 6.45) is 0. The van der Waals surface area contributed by atoms with E-state index in [1.54, 1.807) is 0 Å². The fraction of sp³-hybridized carbons (Fsp3) is 0.0625. The second-order valence-corrected chi connectivity index (χ2v) is 5.41. The first-order valence-electron chi connectivity index (χ1n) is 7.24. The summed E-state index contributed by atoms with van der Waals surface area (Å²) < 4.78 is 18.0. The van der Waals surface area contributed by atoms with Gasteiger partial charge in [-0.05, 0) is 24.3 Å². The number of para-hydroxylation sites is 1. The molecule has 0 unspecified atom stereocenters. The smallest absolute Gasteiger partial charge is 0.345 e.